The number of rotatable bonds is 7. The highest BCUT2D eigenvalue weighted by atomic mass is 16.5. The number of pyridine rings is 1. The molecule has 2 saturated heterocycles. The molecule has 0 unspecified atom stereocenters. The van der Waals surface area contributed by atoms with Crippen LogP contribution in [0.5, 0.6) is 0 Å². The minimum Gasteiger partial charge on any atom is -0.383 e. The average Bonchev–Trinajstić information content (AvgIpc) is 3.33. The lowest BCUT2D eigenvalue weighted by Crippen LogP contribution is -2.46. The number of methoxy groups -OCH3 is 1. The highest BCUT2D eigenvalue weighted by Gasteiger charge is 2.67. The van der Waals surface area contributed by atoms with E-state index in [0.717, 1.165) is 5.69 Å². The first-order valence-electron chi connectivity index (χ1n) is 9.43. The highest BCUT2D eigenvalue weighted by Crippen LogP contribution is 2.52. The molecule has 3 aliphatic rings. The van der Waals surface area contributed by atoms with Crippen LogP contribution in [0, 0.1) is 11.8 Å². The molecule has 7 heteroatoms. The van der Waals surface area contributed by atoms with Crippen LogP contribution in [-0.4, -0.2) is 71.7 Å². The third kappa shape index (κ3) is 2.95. The lowest BCUT2D eigenvalue weighted by molar-refractivity contribution is -0.143. The molecule has 2 fully saturated rings. The summed E-state index contributed by atoms with van der Waals surface area (Å²) in [5, 5.41) is 0. The molecule has 0 saturated carbocycles. The summed E-state index contributed by atoms with van der Waals surface area (Å²) in [6, 6.07) is 5.67. The average molecular weight is 371 g/mol. The zero-order chi connectivity index (χ0) is 19.0. The van der Waals surface area contributed by atoms with E-state index in [1.807, 2.05) is 37.3 Å². The fraction of sp³-hybridized carbons (Fsp3) is 0.550. The van der Waals surface area contributed by atoms with Gasteiger partial charge in [-0.05, 0) is 19.1 Å². The van der Waals surface area contributed by atoms with Crippen LogP contribution in [0.3, 0.4) is 0 Å². The second-order valence-electron chi connectivity index (χ2n) is 7.33. The van der Waals surface area contributed by atoms with E-state index in [9.17, 15) is 9.59 Å². The van der Waals surface area contributed by atoms with Crippen molar-refractivity contribution in [1.82, 2.24) is 14.8 Å². The van der Waals surface area contributed by atoms with Gasteiger partial charge in [-0.2, -0.15) is 0 Å². The summed E-state index contributed by atoms with van der Waals surface area (Å²) in [4.78, 5) is 34.2. The maximum atomic E-state index is 13.4. The number of ether oxygens (including phenoxy) is 2. The molecule has 0 N–H and O–H groups in total. The Bertz CT molecular complexity index is 753. The van der Waals surface area contributed by atoms with Gasteiger partial charge in [0, 0.05) is 26.4 Å². The van der Waals surface area contributed by atoms with Gasteiger partial charge in [0.15, 0.2) is 0 Å². The highest BCUT2D eigenvalue weighted by molar-refractivity contribution is 5.93. The second-order valence-corrected chi connectivity index (χ2v) is 7.33. The minimum absolute atomic E-state index is 0.00820. The zero-order valence-electron chi connectivity index (χ0n) is 15.7. The molecule has 2 bridgehead atoms. The maximum absolute atomic E-state index is 13.4. The third-order valence-electron chi connectivity index (χ3n) is 5.80. The lowest BCUT2D eigenvalue weighted by atomic mass is 9.76. The topological polar surface area (TPSA) is 72.0 Å². The Morgan fingerprint density at radius 1 is 1.48 bits per heavy atom. The molecule has 1 aromatic rings. The van der Waals surface area contributed by atoms with E-state index in [1.165, 1.54) is 0 Å². The molecule has 7 nitrogen and oxygen atoms in total. The van der Waals surface area contributed by atoms with Gasteiger partial charge in [0.1, 0.15) is 5.60 Å². The van der Waals surface area contributed by atoms with Crippen molar-refractivity contribution in [2.75, 3.05) is 33.4 Å². The van der Waals surface area contributed by atoms with Crippen LogP contribution >= 0.6 is 0 Å². The summed E-state index contributed by atoms with van der Waals surface area (Å²) < 4.78 is 11.3. The molecule has 3 aliphatic heterocycles. The molecule has 2 amide bonds. The van der Waals surface area contributed by atoms with Gasteiger partial charge in [-0.3, -0.25) is 14.6 Å². The summed E-state index contributed by atoms with van der Waals surface area (Å²) in [6.07, 6.45) is 5.32. The molecule has 4 rings (SSSR count). The molecule has 0 radical (unpaired) electrons. The molecule has 1 aromatic heterocycles. The maximum Gasteiger partial charge on any atom is 0.230 e. The summed E-state index contributed by atoms with van der Waals surface area (Å²) >= 11 is 0. The number of carbonyl (C=O) groups is 2. The van der Waals surface area contributed by atoms with Crippen molar-refractivity contribution in [3.63, 3.8) is 0 Å². The number of fused-ring (bicyclic) bond motifs is 1. The number of likely N-dealkylation sites (tertiary alicyclic amines) is 1. The van der Waals surface area contributed by atoms with E-state index in [1.54, 1.807) is 23.1 Å². The van der Waals surface area contributed by atoms with E-state index < -0.39 is 17.4 Å². The smallest absolute Gasteiger partial charge is 0.230 e. The first-order valence-corrected chi connectivity index (χ1v) is 9.43. The number of carbonyl (C=O) groups excluding carboxylic acids is 2. The van der Waals surface area contributed by atoms with Crippen LogP contribution in [0.4, 0.5) is 0 Å². The van der Waals surface area contributed by atoms with Gasteiger partial charge in [-0.15, -0.1) is 0 Å². The molecule has 4 atom stereocenters. The van der Waals surface area contributed by atoms with Crippen molar-refractivity contribution in [3.8, 4) is 0 Å². The quantitative estimate of drug-likeness (QED) is 0.665. The summed E-state index contributed by atoms with van der Waals surface area (Å²) in [6.45, 7) is 4.42. The summed E-state index contributed by atoms with van der Waals surface area (Å²) in [7, 11) is 1.62. The Balaban J connectivity index is 1.55. The zero-order valence-corrected chi connectivity index (χ0v) is 15.7. The molecular formula is C20H25N3O4. The van der Waals surface area contributed by atoms with Gasteiger partial charge in [0.25, 0.3) is 0 Å². The fourth-order valence-corrected chi connectivity index (χ4v) is 4.49. The van der Waals surface area contributed by atoms with Crippen LogP contribution in [0.1, 0.15) is 12.6 Å². The van der Waals surface area contributed by atoms with Gasteiger partial charge >= 0.3 is 0 Å². The van der Waals surface area contributed by atoms with E-state index >= 15 is 0 Å². The Hall–Kier alpha value is -2.25. The van der Waals surface area contributed by atoms with Crippen molar-refractivity contribution in [2.45, 2.75) is 25.2 Å². The van der Waals surface area contributed by atoms with E-state index in [0.29, 0.717) is 32.8 Å². The van der Waals surface area contributed by atoms with Crippen LogP contribution < -0.4 is 0 Å². The van der Waals surface area contributed by atoms with Gasteiger partial charge in [-0.25, -0.2) is 0 Å². The van der Waals surface area contributed by atoms with Crippen molar-refractivity contribution in [2.24, 2.45) is 11.8 Å². The monoisotopic (exact) mass is 371 g/mol. The number of hydrogen-bond donors (Lipinski definition) is 0. The number of nitrogens with zero attached hydrogens (tertiary/aromatic N) is 3. The van der Waals surface area contributed by atoms with Crippen LogP contribution in [-0.2, 0) is 25.6 Å². The molecule has 27 heavy (non-hydrogen) atoms. The summed E-state index contributed by atoms with van der Waals surface area (Å²) in [5.74, 6) is -0.967. The van der Waals surface area contributed by atoms with Crippen molar-refractivity contribution in [1.29, 1.82) is 0 Å². The Morgan fingerprint density at radius 2 is 2.33 bits per heavy atom. The second kappa shape index (κ2) is 7.05. The lowest BCUT2D eigenvalue weighted by Gasteiger charge is -2.29. The number of amides is 2. The van der Waals surface area contributed by atoms with Crippen molar-refractivity contribution < 1.29 is 19.1 Å². The first kappa shape index (κ1) is 18.1. The predicted molar refractivity (Wildman–Crippen MR) is 97.5 cm³/mol. The molecular weight excluding hydrogens is 346 g/mol. The van der Waals surface area contributed by atoms with Gasteiger partial charge in [-0.1, -0.05) is 18.2 Å². The normalized spacial score (nSPS) is 30.8. The first-order chi connectivity index (χ1) is 13.1. The van der Waals surface area contributed by atoms with Crippen molar-refractivity contribution >= 4 is 11.8 Å². The number of aromatic nitrogens is 1. The Labute approximate surface area is 158 Å². The number of hydrogen-bond acceptors (Lipinski definition) is 5. The Morgan fingerprint density at radius 3 is 3.04 bits per heavy atom. The van der Waals surface area contributed by atoms with Gasteiger partial charge < -0.3 is 19.3 Å². The Kier molecular flexibility index (Phi) is 4.74. The van der Waals surface area contributed by atoms with E-state index in [4.69, 9.17) is 9.47 Å². The molecule has 0 aliphatic carbocycles. The molecule has 144 valence electrons. The third-order valence-corrected chi connectivity index (χ3v) is 5.80. The summed E-state index contributed by atoms with van der Waals surface area (Å²) in [5.41, 5.74) is 0.168. The minimum atomic E-state index is -0.666. The van der Waals surface area contributed by atoms with Gasteiger partial charge in [0.2, 0.25) is 11.8 Å². The standard InChI is InChI=1S/C20H25N3O4/c1-3-22(12-14-6-4-5-9-21-14)18(24)16-15-7-8-20(27-15)13-23(10-11-26-2)19(25)17(16)20/h4-9,15-17H,3,10-13H2,1-2H3/t15-,16-,17+,20-/m0/s1. The molecule has 0 aromatic carbocycles. The molecule has 4 heterocycles. The predicted octanol–water partition coefficient (Wildman–Crippen LogP) is 0.859. The van der Waals surface area contributed by atoms with Crippen LogP contribution in [0.2, 0.25) is 0 Å². The van der Waals surface area contributed by atoms with Crippen LogP contribution in [0.25, 0.3) is 0 Å². The molecule has 1 spiro atoms. The van der Waals surface area contributed by atoms with E-state index in [2.05, 4.69) is 4.98 Å². The SMILES string of the molecule is CCN(Cc1ccccn1)C(=O)[C@H]1[C@@H]2C=C[C@@]3(CN(CCOC)C(=O)[C@@H]13)O2. The largest absolute Gasteiger partial charge is 0.383 e. The van der Waals surface area contributed by atoms with Crippen LogP contribution in [0.15, 0.2) is 36.5 Å². The van der Waals surface area contributed by atoms with Gasteiger partial charge in [0.05, 0.1) is 43.3 Å². The van der Waals surface area contributed by atoms with Crippen molar-refractivity contribution in [3.05, 3.63) is 42.2 Å². The fourth-order valence-electron chi connectivity index (χ4n) is 4.49. The van der Waals surface area contributed by atoms with E-state index in [-0.39, 0.29) is 17.9 Å².